The fourth-order valence-corrected chi connectivity index (χ4v) is 3.54. The standard InChI is InChI=1S/C34H56O4/c1-3-5-7-8-9-10-11-12-13-14-15-16-17-18-19-20-21-22-23-24-25-26-27-28-30-37-32-33(31-35)38-34(36)29-6-4-2/h5,7,9-10,12-13,15-16,18-19,21-22,33,35H,3-4,6,8,11,14,17,20,23-32H2,1-2H3/b7-5-,10-9-,13-12-,16-15-,19-18-,22-21-. The predicted molar refractivity (Wildman–Crippen MR) is 163 cm³/mol. The third-order valence-electron chi connectivity index (χ3n) is 5.80. The van der Waals surface area contributed by atoms with E-state index in [0.29, 0.717) is 13.0 Å². The minimum absolute atomic E-state index is 0.188. The molecule has 1 atom stereocenters. The van der Waals surface area contributed by atoms with Gasteiger partial charge in [0.05, 0.1) is 13.2 Å². The molecule has 0 aliphatic carbocycles. The van der Waals surface area contributed by atoms with Crippen LogP contribution in [-0.4, -0.2) is 37.0 Å². The van der Waals surface area contributed by atoms with Crippen LogP contribution < -0.4 is 0 Å². The van der Waals surface area contributed by atoms with Gasteiger partial charge in [0.15, 0.2) is 0 Å². The van der Waals surface area contributed by atoms with Crippen LogP contribution in [-0.2, 0) is 14.3 Å². The van der Waals surface area contributed by atoms with Gasteiger partial charge in [-0.15, -0.1) is 0 Å². The lowest BCUT2D eigenvalue weighted by Crippen LogP contribution is -2.27. The van der Waals surface area contributed by atoms with Crippen molar-refractivity contribution in [1.29, 1.82) is 0 Å². The van der Waals surface area contributed by atoms with Gasteiger partial charge in [-0.3, -0.25) is 4.79 Å². The first-order valence-electron chi connectivity index (χ1n) is 15.0. The lowest BCUT2D eigenvalue weighted by Gasteiger charge is -2.15. The molecule has 0 fully saturated rings. The molecule has 0 aliphatic rings. The highest BCUT2D eigenvalue weighted by Gasteiger charge is 2.13. The molecule has 0 saturated carbocycles. The van der Waals surface area contributed by atoms with Crippen molar-refractivity contribution < 1.29 is 19.4 Å². The molecule has 0 spiro atoms. The highest BCUT2D eigenvalue weighted by molar-refractivity contribution is 5.69. The van der Waals surface area contributed by atoms with Gasteiger partial charge in [-0.1, -0.05) is 112 Å². The second-order valence-electron chi connectivity index (χ2n) is 9.44. The SMILES string of the molecule is CC/C=C\C/C=C\C/C=C\C/C=C\C/C=C\C/C=C\CCCCCCCOCC(CO)OC(=O)CCCC. The molecule has 0 bridgehead atoms. The number of esters is 1. The van der Waals surface area contributed by atoms with Crippen molar-refractivity contribution in [2.75, 3.05) is 19.8 Å². The van der Waals surface area contributed by atoms with Crippen molar-refractivity contribution in [3.05, 3.63) is 72.9 Å². The van der Waals surface area contributed by atoms with Gasteiger partial charge in [0.2, 0.25) is 0 Å². The summed E-state index contributed by atoms with van der Waals surface area (Å²) in [7, 11) is 0. The van der Waals surface area contributed by atoms with Crippen LogP contribution in [0.3, 0.4) is 0 Å². The van der Waals surface area contributed by atoms with Crippen LogP contribution in [0.15, 0.2) is 72.9 Å². The van der Waals surface area contributed by atoms with E-state index in [4.69, 9.17) is 9.47 Å². The van der Waals surface area contributed by atoms with E-state index in [2.05, 4.69) is 79.8 Å². The Morgan fingerprint density at radius 2 is 1.16 bits per heavy atom. The first kappa shape index (κ1) is 35.8. The Hall–Kier alpha value is -2.17. The Labute approximate surface area is 234 Å². The first-order chi connectivity index (χ1) is 18.7. The fraction of sp³-hybridized carbons (Fsp3) is 0.618. The van der Waals surface area contributed by atoms with Gasteiger partial charge >= 0.3 is 5.97 Å². The third-order valence-corrected chi connectivity index (χ3v) is 5.80. The van der Waals surface area contributed by atoms with Crippen molar-refractivity contribution in [1.82, 2.24) is 0 Å². The van der Waals surface area contributed by atoms with Crippen LogP contribution in [0.5, 0.6) is 0 Å². The molecule has 1 unspecified atom stereocenters. The van der Waals surface area contributed by atoms with Crippen molar-refractivity contribution in [2.45, 2.75) is 116 Å². The van der Waals surface area contributed by atoms with Crippen LogP contribution in [0.25, 0.3) is 0 Å². The Bertz CT molecular complexity index is 685. The number of allylic oxidation sites excluding steroid dienone is 12. The molecule has 0 rings (SSSR count). The molecule has 0 aromatic heterocycles. The molecule has 0 amide bonds. The van der Waals surface area contributed by atoms with Crippen LogP contribution >= 0.6 is 0 Å². The first-order valence-corrected chi connectivity index (χ1v) is 15.0. The summed E-state index contributed by atoms with van der Waals surface area (Å²) in [5.74, 6) is -0.249. The normalized spacial score (nSPS) is 13.4. The van der Waals surface area contributed by atoms with Crippen LogP contribution in [0.1, 0.15) is 110 Å². The number of aliphatic hydroxyl groups excluding tert-OH is 1. The average Bonchev–Trinajstić information content (AvgIpc) is 2.93. The highest BCUT2D eigenvalue weighted by Crippen LogP contribution is 2.07. The predicted octanol–water partition coefficient (Wildman–Crippen LogP) is 9.14. The molecule has 0 aromatic rings. The quantitative estimate of drug-likeness (QED) is 0.0691. The van der Waals surface area contributed by atoms with E-state index < -0.39 is 6.10 Å². The summed E-state index contributed by atoms with van der Waals surface area (Å²) in [5.41, 5.74) is 0. The number of aliphatic hydroxyl groups is 1. The third kappa shape index (κ3) is 28.4. The Morgan fingerprint density at radius 1 is 0.658 bits per heavy atom. The van der Waals surface area contributed by atoms with Crippen LogP contribution in [0.2, 0.25) is 0 Å². The number of carbonyl (C=O) groups excluding carboxylic acids is 1. The molecule has 4 heteroatoms. The summed E-state index contributed by atoms with van der Waals surface area (Å²) in [6.45, 7) is 4.93. The van der Waals surface area contributed by atoms with Gasteiger partial charge in [0, 0.05) is 13.0 Å². The van der Waals surface area contributed by atoms with Crippen molar-refractivity contribution in [2.24, 2.45) is 0 Å². The summed E-state index contributed by atoms with van der Waals surface area (Å²) < 4.78 is 10.8. The second-order valence-corrected chi connectivity index (χ2v) is 9.44. The van der Waals surface area contributed by atoms with Gasteiger partial charge in [-0.2, -0.15) is 0 Å². The van der Waals surface area contributed by atoms with Crippen molar-refractivity contribution in [3.8, 4) is 0 Å². The molecule has 38 heavy (non-hydrogen) atoms. The van der Waals surface area contributed by atoms with Gasteiger partial charge in [0.25, 0.3) is 0 Å². The zero-order valence-electron chi connectivity index (χ0n) is 24.4. The van der Waals surface area contributed by atoms with Crippen molar-refractivity contribution >= 4 is 5.97 Å². The zero-order valence-corrected chi connectivity index (χ0v) is 24.4. The largest absolute Gasteiger partial charge is 0.457 e. The van der Waals surface area contributed by atoms with E-state index in [1.54, 1.807) is 0 Å². The van der Waals surface area contributed by atoms with Gasteiger partial charge in [0.1, 0.15) is 6.10 Å². The molecule has 216 valence electrons. The van der Waals surface area contributed by atoms with Gasteiger partial charge < -0.3 is 14.6 Å². The second kappa shape index (κ2) is 31.1. The van der Waals surface area contributed by atoms with Crippen molar-refractivity contribution in [3.63, 3.8) is 0 Å². The molecule has 0 heterocycles. The van der Waals surface area contributed by atoms with Crippen LogP contribution in [0.4, 0.5) is 0 Å². The lowest BCUT2D eigenvalue weighted by atomic mass is 10.1. The summed E-state index contributed by atoms with van der Waals surface area (Å²) in [6.07, 6.45) is 41.6. The van der Waals surface area contributed by atoms with E-state index in [1.165, 1.54) is 19.3 Å². The molecule has 0 radical (unpaired) electrons. The molecular weight excluding hydrogens is 472 g/mol. The number of rotatable bonds is 26. The van der Waals surface area contributed by atoms with E-state index in [-0.39, 0.29) is 19.2 Å². The smallest absolute Gasteiger partial charge is 0.306 e. The molecule has 4 nitrogen and oxygen atoms in total. The molecule has 0 saturated heterocycles. The van der Waals surface area contributed by atoms with E-state index >= 15 is 0 Å². The van der Waals surface area contributed by atoms with E-state index in [0.717, 1.165) is 70.6 Å². The minimum atomic E-state index is -0.541. The van der Waals surface area contributed by atoms with E-state index in [1.807, 2.05) is 6.92 Å². The number of hydrogen-bond acceptors (Lipinski definition) is 4. The summed E-state index contributed by atoms with van der Waals surface area (Å²) in [5, 5.41) is 9.32. The Kier molecular flexibility index (Phi) is 29.3. The molecular formula is C34H56O4. The minimum Gasteiger partial charge on any atom is -0.457 e. The summed E-state index contributed by atoms with van der Waals surface area (Å²) >= 11 is 0. The number of unbranched alkanes of at least 4 members (excludes halogenated alkanes) is 6. The Balaban J connectivity index is 3.51. The van der Waals surface area contributed by atoms with Gasteiger partial charge in [-0.25, -0.2) is 0 Å². The molecule has 0 aromatic carbocycles. The van der Waals surface area contributed by atoms with Crippen LogP contribution in [0, 0.1) is 0 Å². The number of carbonyl (C=O) groups is 1. The molecule has 1 N–H and O–H groups in total. The summed E-state index contributed by atoms with van der Waals surface area (Å²) in [6, 6.07) is 0. The Morgan fingerprint density at radius 3 is 1.68 bits per heavy atom. The number of hydrogen-bond donors (Lipinski definition) is 1. The topological polar surface area (TPSA) is 55.8 Å². The zero-order chi connectivity index (χ0) is 27.8. The van der Waals surface area contributed by atoms with Gasteiger partial charge in [-0.05, 0) is 64.2 Å². The summed E-state index contributed by atoms with van der Waals surface area (Å²) in [4.78, 5) is 11.6. The highest BCUT2D eigenvalue weighted by atomic mass is 16.6. The van der Waals surface area contributed by atoms with E-state index in [9.17, 15) is 9.90 Å². The number of ether oxygens (including phenoxy) is 2. The molecule has 0 aliphatic heterocycles. The fourth-order valence-electron chi connectivity index (χ4n) is 3.54. The average molecular weight is 529 g/mol. The maximum atomic E-state index is 11.6. The monoisotopic (exact) mass is 528 g/mol. The lowest BCUT2D eigenvalue weighted by molar-refractivity contribution is -0.154. The maximum absolute atomic E-state index is 11.6. The maximum Gasteiger partial charge on any atom is 0.306 e.